The Balaban J connectivity index is 2.33. The Morgan fingerprint density at radius 2 is 1.87 bits per heavy atom. The molecule has 2 rings (SSSR count). The first kappa shape index (κ1) is 9.73. The summed E-state index contributed by atoms with van der Waals surface area (Å²) in [5, 5.41) is 8.79. The summed E-state index contributed by atoms with van der Waals surface area (Å²) in [5.41, 5.74) is 1.86. The van der Waals surface area contributed by atoms with Crippen molar-refractivity contribution in [1.29, 1.82) is 0 Å². The third-order valence-electron chi connectivity index (χ3n) is 2.02. The Labute approximate surface area is 87.7 Å². The van der Waals surface area contributed by atoms with Gasteiger partial charge in [0, 0.05) is 30.6 Å². The molecule has 2 aromatic heterocycles. The smallest absolute Gasteiger partial charge is 0.131 e. The number of hydrogen-bond donors (Lipinski definition) is 1. The van der Waals surface area contributed by atoms with E-state index >= 15 is 0 Å². The van der Waals surface area contributed by atoms with Crippen LogP contribution in [0.3, 0.4) is 0 Å². The minimum Gasteiger partial charge on any atom is -0.396 e. The Hall–Kier alpha value is -1.81. The first-order valence-corrected chi connectivity index (χ1v) is 4.73. The number of hydrogen-bond acceptors (Lipinski definition) is 4. The second-order valence-corrected chi connectivity index (χ2v) is 3.07. The SMILES string of the molecule is OCCc1nccc(-c2ccncc2)n1. The molecule has 0 aliphatic rings. The summed E-state index contributed by atoms with van der Waals surface area (Å²) >= 11 is 0. The highest BCUT2D eigenvalue weighted by atomic mass is 16.3. The molecule has 0 saturated heterocycles. The quantitative estimate of drug-likeness (QED) is 0.807. The lowest BCUT2D eigenvalue weighted by Gasteiger charge is -2.01. The fourth-order valence-electron chi connectivity index (χ4n) is 1.30. The molecule has 76 valence electrons. The summed E-state index contributed by atoms with van der Waals surface area (Å²) < 4.78 is 0. The van der Waals surface area contributed by atoms with E-state index in [4.69, 9.17) is 5.11 Å². The van der Waals surface area contributed by atoms with Gasteiger partial charge in [-0.3, -0.25) is 4.98 Å². The highest BCUT2D eigenvalue weighted by Gasteiger charge is 2.00. The molecular weight excluding hydrogens is 190 g/mol. The molecular formula is C11H11N3O. The van der Waals surface area contributed by atoms with Crippen molar-refractivity contribution < 1.29 is 5.11 Å². The minimum atomic E-state index is 0.0692. The molecule has 0 spiro atoms. The summed E-state index contributed by atoms with van der Waals surface area (Å²) in [6, 6.07) is 5.63. The van der Waals surface area contributed by atoms with Gasteiger partial charge in [0.25, 0.3) is 0 Å². The Bertz CT molecular complexity index is 431. The van der Waals surface area contributed by atoms with E-state index in [2.05, 4.69) is 15.0 Å². The Morgan fingerprint density at radius 3 is 2.60 bits per heavy atom. The maximum absolute atomic E-state index is 8.79. The standard InChI is InChI=1S/C11H11N3O/c15-8-4-11-13-7-3-10(14-11)9-1-5-12-6-2-9/h1-3,5-7,15H,4,8H2. The van der Waals surface area contributed by atoms with Crippen LogP contribution in [0.2, 0.25) is 0 Å². The molecule has 0 aliphatic heterocycles. The van der Waals surface area contributed by atoms with Gasteiger partial charge in [-0.05, 0) is 18.2 Å². The lowest BCUT2D eigenvalue weighted by atomic mass is 10.2. The number of aromatic nitrogens is 3. The fraction of sp³-hybridized carbons (Fsp3) is 0.182. The lowest BCUT2D eigenvalue weighted by molar-refractivity contribution is 0.296. The summed E-state index contributed by atoms with van der Waals surface area (Å²) in [6.07, 6.45) is 5.64. The molecule has 0 atom stereocenters. The van der Waals surface area contributed by atoms with Crippen molar-refractivity contribution in [2.45, 2.75) is 6.42 Å². The van der Waals surface area contributed by atoms with Crippen LogP contribution in [0.4, 0.5) is 0 Å². The molecule has 0 saturated carbocycles. The van der Waals surface area contributed by atoms with Crippen molar-refractivity contribution in [3.8, 4) is 11.3 Å². The van der Waals surface area contributed by atoms with E-state index in [1.165, 1.54) is 0 Å². The van der Waals surface area contributed by atoms with Crippen molar-refractivity contribution in [3.63, 3.8) is 0 Å². The molecule has 0 bridgehead atoms. The topological polar surface area (TPSA) is 58.9 Å². The molecule has 1 N–H and O–H groups in total. The molecule has 0 radical (unpaired) electrons. The van der Waals surface area contributed by atoms with Crippen LogP contribution in [-0.2, 0) is 6.42 Å². The number of aliphatic hydroxyl groups excluding tert-OH is 1. The summed E-state index contributed by atoms with van der Waals surface area (Å²) in [6.45, 7) is 0.0692. The van der Waals surface area contributed by atoms with Crippen LogP contribution in [0.15, 0.2) is 36.8 Å². The van der Waals surface area contributed by atoms with Crippen LogP contribution in [0.1, 0.15) is 5.82 Å². The second-order valence-electron chi connectivity index (χ2n) is 3.07. The second kappa shape index (κ2) is 4.61. The fourth-order valence-corrected chi connectivity index (χ4v) is 1.30. The van der Waals surface area contributed by atoms with Gasteiger partial charge in [-0.25, -0.2) is 9.97 Å². The highest BCUT2D eigenvalue weighted by Crippen LogP contribution is 2.14. The molecule has 0 amide bonds. The third kappa shape index (κ3) is 2.35. The largest absolute Gasteiger partial charge is 0.396 e. The van der Waals surface area contributed by atoms with Gasteiger partial charge >= 0.3 is 0 Å². The van der Waals surface area contributed by atoms with Crippen molar-refractivity contribution in [1.82, 2.24) is 15.0 Å². The van der Waals surface area contributed by atoms with E-state index in [9.17, 15) is 0 Å². The van der Waals surface area contributed by atoms with E-state index in [0.717, 1.165) is 11.3 Å². The first-order valence-electron chi connectivity index (χ1n) is 4.73. The summed E-state index contributed by atoms with van der Waals surface area (Å²) in [7, 11) is 0. The molecule has 15 heavy (non-hydrogen) atoms. The maximum atomic E-state index is 8.79. The summed E-state index contributed by atoms with van der Waals surface area (Å²) in [5.74, 6) is 0.659. The van der Waals surface area contributed by atoms with Gasteiger partial charge in [0.15, 0.2) is 0 Å². The van der Waals surface area contributed by atoms with E-state index in [1.807, 2.05) is 18.2 Å². The molecule has 0 fully saturated rings. The van der Waals surface area contributed by atoms with Gasteiger partial charge in [-0.2, -0.15) is 0 Å². The van der Waals surface area contributed by atoms with Crippen molar-refractivity contribution >= 4 is 0 Å². The van der Waals surface area contributed by atoms with Crippen LogP contribution in [0.5, 0.6) is 0 Å². The number of aliphatic hydroxyl groups is 1. The highest BCUT2D eigenvalue weighted by molar-refractivity contribution is 5.57. The van der Waals surface area contributed by atoms with Crippen molar-refractivity contribution in [2.24, 2.45) is 0 Å². The average molecular weight is 201 g/mol. The van der Waals surface area contributed by atoms with Crippen molar-refractivity contribution in [3.05, 3.63) is 42.6 Å². The molecule has 0 aromatic carbocycles. The predicted octanol–water partition coefficient (Wildman–Crippen LogP) is 1.07. The average Bonchev–Trinajstić information content (AvgIpc) is 2.31. The van der Waals surface area contributed by atoms with Gasteiger partial charge in [0.05, 0.1) is 12.3 Å². The van der Waals surface area contributed by atoms with E-state index in [-0.39, 0.29) is 6.61 Å². The zero-order chi connectivity index (χ0) is 10.5. The summed E-state index contributed by atoms with van der Waals surface area (Å²) in [4.78, 5) is 12.3. The number of nitrogens with zero attached hydrogens (tertiary/aromatic N) is 3. The minimum absolute atomic E-state index is 0.0692. The lowest BCUT2D eigenvalue weighted by Crippen LogP contribution is -1.99. The zero-order valence-corrected chi connectivity index (χ0v) is 8.17. The van der Waals surface area contributed by atoms with Crippen LogP contribution >= 0.6 is 0 Å². The number of rotatable bonds is 3. The van der Waals surface area contributed by atoms with Gasteiger partial charge in [-0.1, -0.05) is 0 Å². The van der Waals surface area contributed by atoms with E-state index in [0.29, 0.717) is 12.2 Å². The molecule has 0 unspecified atom stereocenters. The molecule has 2 heterocycles. The number of pyridine rings is 1. The van der Waals surface area contributed by atoms with E-state index in [1.54, 1.807) is 18.6 Å². The maximum Gasteiger partial charge on any atom is 0.131 e. The molecule has 4 heteroatoms. The molecule has 0 aliphatic carbocycles. The van der Waals surface area contributed by atoms with Gasteiger partial charge in [-0.15, -0.1) is 0 Å². The Morgan fingerprint density at radius 1 is 1.07 bits per heavy atom. The van der Waals surface area contributed by atoms with Gasteiger partial charge in [0.2, 0.25) is 0 Å². The van der Waals surface area contributed by atoms with Crippen LogP contribution in [0, 0.1) is 0 Å². The van der Waals surface area contributed by atoms with Crippen molar-refractivity contribution in [2.75, 3.05) is 6.61 Å². The predicted molar refractivity (Wildman–Crippen MR) is 56.1 cm³/mol. The van der Waals surface area contributed by atoms with Crippen LogP contribution in [-0.4, -0.2) is 26.7 Å². The zero-order valence-electron chi connectivity index (χ0n) is 8.17. The van der Waals surface area contributed by atoms with Gasteiger partial charge in [0.1, 0.15) is 5.82 Å². The van der Waals surface area contributed by atoms with Gasteiger partial charge < -0.3 is 5.11 Å². The Kier molecular flexibility index (Phi) is 2.99. The van der Waals surface area contributed by atoms with E-state index < -0.39 is 0 Å². The van der Waals surface area contributed by atoms with Crippen LogP contribution < -0.4 is 0 Å². The third-order valence-corrected chi connectivity index (χ3v) is 2.02. The monoisotopic (exact) mass is 201 g/mol. The first-order chi connectivity index (χ1) is 7.40. The molecule has 4 nitrogen and oxygen atoms in total. The normalized spacial score (nSPS) is 10.2. The molecule has 2 aromatic rings. The van der Waals surface area contributed by atoms with Crippen LogP contribution in [0.25, 0.3) is 11.3 Å².